The van der Waals surface area contributed by atoms with Crippen LogP contribution in [0, 0.1) is 0 Å². The second kappa shape index (κ2) is 24.7. The van der Waals surface area contributed by atoms with E-state index in [1.165, 1.54) is 39.3 Å². The van der Waals surface area contributed by atoms with Crippen molar-refractivity contribution in [1.82, 2.24) is 4.90 Å². The van der Waals surface area contributed by atoms with Gasteiger partial charge in [-0.15, -0.1) is 0 Å². The van der Waals surface area contributed by atoms with Crippen molar-refractivity contribution in [2.24, 2.45) is 10.3 Å². The highest BCUT2D eigenvalue weighted by Crippen LogP contribution is 1.81. The summed E-state index contributed by atoms with van der Waals surface area (Å²) in [7, 11) is -8.58. The zero-order chi connectivity index (χ0) is 20.4. The number of quaternary nitrogens is 1. The van der Waals surface area contributed by atoms with Crippen LogP contribution in [-0.4, -0.2) is 70.1 Å². The molecular formula is C14H44N4O6S2. The second-order valence-electron chi connectivity index (χ2n) is 4.44. The van der Waals surface area contributed by atoms with E-state index in [1.807, 2.05) is 0 Å². The van der Waals surface area contributed by atoms with Gasteiger partial charge >= 0.3 is 10.3 Å². The summed E-state index contributed by atoms with van der Waals surface area (Å²) in [5.41, 5.74) is 0. The van der Waals surface area contributed by atoms with Crippen molar-refractivity contribution in [3.05, 3.63) is 0 Å². The molecule has 0 amide bonds. The third-order valence-electron chi connectivity index (χ3n) is 2.84. The van der Waals surface area contributed by atoms with Crippen molar-refractivity contribution in [3.63, 3.8) is 0 Å². The first-order chi connectivity index (χ1) is 10.7. The first kappa shape index (κ1) is 40.4. The Kier molecular flexibility index (Phi) is 38.3. The summed E-state index contributed by atoms with van der Waals surface area (Å²) >= 11 is 0. The van der Waals surface area contributed by atoms with Gasteiger partial charge in [0, 0.05) is 0 Å². The molecule has 10 nitrogen and oxygen atoms in total. The van der Waals surface area contributed by atoms with Crippen molar-refractivity contribution in [2.75, 3.05) is 39.3 Å². The number of nitrogens with two attached hydrogens (primary N) is 2. The van der Waals surface area contributed by atoms with Gasteiger partial charge in [-0.05, 0) is 40.4 Å². The van der Waals surface area contributed by atoms with Crippen LogP contribution in [0.5, 0.6) is 0 Å². The summed E-state index contributed by atoms with van der Waals surface area (Å²) in [6.07, 6.45) is 0. The van der Waals surface area contributed by atoms with Crippen molar-refractivity contribution in [2.45, 2.75) is 56.4 Å². The summed E-state index contributed by atoms with van der Waals surface area (Å²) in [6.45, 7) is 20.6. The van der Waals surface area contributed by atoms with E-state index in [-0.39, 0.29) is 14.9 Å². The molecule has 6 N–H and O–H groups in total. The highest BCUT2D eigenvalue weighted by molar-refractivity contribution is 7.83. The number of rotatable bonds is 6. The number of nitrogens with one attached hydrogen (secondary N) is 1. The van der Waals surface area contributed by atoms with Gasteiger partial charge in [0.25, 0.3) is 0 Å². The Hall–Kier alpha value is -0.340. The molecular weight excluding hydrogens is 384 g/mol. The minimum atomic E-state index is -4.42. The van der Waals surface area contributed by atoms with Gasteiger partial charge in [0.1, 0.15) is 0 Å². The summed E-state index contributed by atoms with van der Waals surface area (Å²) in [4.78, 5) is 4.06. The van der Waals surface area contributed by atoms with Crippen molar-refractivity contribution >= 4 is 20.6 Å². The van der Waals surface area contributed by atoms with Crippen LogP contribution in [0.2, 0.25) is 0 Å². The first-order valence-corrected chi connectivity index (χ1v) is 10.7. The summed E-state index contributed by atoms with van der Waals surface area (Å²) in [5, 5.41) is 7.65. The molecule has 12 heteroatoms. The second-order valence-corrected chi connectivity index (χ2v) is 6.45. The standard InChI is InChI=1S/2C6H15N.2CH4.2H3NO3S/c2*1-4-7(5-2)6-3;;;2*1-5(2,3)4/h2*4-6H2,1-3H3;2*1H4;2*(H3,1,2,3,4). The van der Waals surface area contributed by atoms with E-state index in [2.05, 4.69) is 56.7 Å². The minimum absolute atomic E-state index is 0. The Morgan fingerprint density at radius 1 is 0.808 bits per heavy atom. The van der Waals surface area contributed by atoms with Gasteiger partial charge in [-0.25, -0.2) is 18.7 Å². The van der Waals surface area contributed by atoms with Crippen molar-refractivity contribution < 1.29 is 30.8 Å². The normalized spacial score (nSPS) is 10.0. The fourth-order valence-corrected chi connectivity index (χ4v) is 1.42. The lowest BCUT2D eigenvalue weighted by Crippen LogP contribution is -3.11. The molecule has 26 heavy (non-hydrogen) atoms. The summed E-state index contributed by atoms with van der Waals surface area (Å²) in [6, 6.07) is 0. The number of hydrogen-bond donors (Lipinski definition) is 4. The van der Waals surface area contributed by atoms with Crippen molar-refractivity contribution in [3.8, 4) is 0 Å². The maximum Gasteiger partial charge on any atom is 0.330 e. The van der Waals surface area contributed by atoms with Crippen LogP contribution in [0.15, 0.2) is 0 Å². The molecule has 0 spiro atoms. The topological polar surface area (TPSA) is 171 Å². The largest absolute Gasteiger partial charge is 0.736 e. The van der Waals surface area contributed by atoms with Gasteiger partial charge in [-0.3, -0.25) is 4.55 Å². The average Bonchev–Trinajstić information content (AvgIpc) is 2.40. The maximum atomic E-state index is 8.97. The Bertz CT molecular complexity index is 367. The average molecular weight is 429 g/mol. The summed E-state index contributed by atoms with van der Waals surface area (Å²) < 4.78 is 51.8. The molecule has 0 aliphatic carbocycles. The van der Waals surface area contributed by atoms with Crippen LogP contribution in [-0.2, 0) is 20.6 Å². The van der Waals surface area contributed by atoms with E-state index in [1.54, 1.807) is 4.90 Å². The molecule has 0 aliphatic heterocycles. The van der Waals surface area contributed by atoms with Gasteiger partial charge in [0.05, 0.1) is 19.6 Å². The van der Waals surface area contributed by atoms with Crippen LogP contribution in [0.3, 0.4) is 0 Å². The monoisotopic (exact) mass is 428 g/mol. The Balaban J connectivity index is -0.0000000506. The lowest BCUT2D eigenvalue weighted by molar-refractivity contribution is -0.894. The van der Waals surface area contributed by atoms with Crippen LogP contribution in [0.4, 0.5) is 0 Å². The highest BCUT2D eigenvalue weighted by atomic mass is 32.2. The van der Waals surface area contributed by atoms with E-state index in [0.29, 0.717) is 0 Å². The zero-order valence-electron chi connectivity index (χ0n) is 15.6. The molecule has 0 atom stereocenters. The van der Waals surface area contributed by atoms with Gasteiger partial charge in [0.15, 0.2) is 10.3 Å². The molecule has 0 bridgehead atoms. The molecule has 0 aromatic heterocycles. The lowest BCUT2D eigenvalue weighted by Gasteiger charge is -2.13. The number of nitrogens with zero attached hydrogens (tertiary/aromatic N) is 1. The third-order valence-corrected chi connectivity index (χ3v) is 2.84. The van der Waals surface area contributed by atoms with Crippen LogP contribution in [0.25, 0.3) is 0 Å². The fraction of sp³-hybridized carbons (Fsp3) is 1.00. The van der Waals surface area contributed by atoms with E-state index >= 15 is 0 Å². The van der Waals surface area contributed by atoms with Crippen molar-refractivity contribution in [1.29, 1.82) is 0 Å². The maximum absolute atomic E-state index is 8.97. The van der Waals surface area contributed by atoms with E-state index < -0.39 is 20.6 Å². The summed E-state index contributed by atoms with van der Waals surface area (Å²) in [5.74, 6) is 0. The molecule has 0 saturated carbocycles. The Morgan fingerprint density at radius 2 is 0.962 bits per heavy atom. The van der Waals surface area contributed by atoms with E-state index in [4.69, 9.17) is 25.9 Å². The molecule has 0 unspecified atom stereocenters. The third kappa shape index (κ3) is 89.4. The SMILES string of the molecule is C.C.CCN(CC)CC.CC[NH+](CC)CC.NS(=O)(=O)O.NS(=O)(=O)[O-]. The molecule has 0 aliphatic rings. The Morgan fingerprint density at radius 3 is 0.962 bits per heavy atom. The van der Waals surface area contributed by atoms with Gasteiger partial charge in [0.2, 0.25) is 0 Å². The van der Waals surface area contributed by atoms with Crippen LogP contribution in [0.1, 0.15) is 56.4 Å². The molecule has 168 valence electrons. The van der Waals surface area contributed by atoms with Crippen LogP contribution < -0.4 is 15.2 Å². The Labute approximate surface area is 162 Å². The van der Waals surface area contributed by atoms with Crippen LogP contribution >= 0.6 is 0 Å². The van der Waals surface area contributed by atoms with E-state index in [9.17, 15) is 0 Å². The molecule has 0 radical (unpaired) electrons. The molecule has 0 rings (SSSR count). The molecule has 0 saturated heterocycles. The highest BCUT2D eigenvalue weighted by Gasteiger charge is 1.93. The molecule has 0 fully saturated rings. The fourth-order valence-electron chi connectivity index (χ4n) is 1.42. The zero-order valence-corrected chi connectivity index (χ0v) is 17.3. The van der Waals surface area contributed by atoms with E-state index in [0.717, 1.165) is 0 Å². The predicted octanol–water partition coefficient (Wildman–Crippen LogP) is -0.295. The predicted molar refractivity (Wildman–Crippen MR) is 109 cm³/mol. The molecule has 0 heterocycles. The van der Waals surface area contributed by atoms with Gasteiger partial charge in [-0.2, -0.15) is 8.42 Å². The quantitative estimate of drug-likeness (QED) is 0.421. The van der Waals surface area contributed by atoms with Gasteiger partial charge < -0.3 is 14.4 Å². The van der Waals surface area contributed by atoms with Gasteiger partial charge in [-0.1, -0.05) is 35.6 Å². The lowest BCUT2D eigenvalue weighted by atomic mass is 10.5. The molecule has 0 aromatic rings. The minimum Gasteiger partial charge on any atom is -0.736 e. The molecule has 0 aromatic carbocycles. The number of hydrogen-bond acceptors (Lipinski definition) is 6. The first-order valence-electron chi connectivity index (χ1n) is 7.74. The smallest absolute Gasteiger partial charge is 0.330 e.